The fraction of sp³-hybridized carbons (Fsp3) is 0.562. The summed E-state index contributed by atoms with van der Waals surface area (Å²) in [6, 6.07) is 4.90. The molecule has 1 aromatic rings. The van der Waals surface area contributed by atoms with Crippen LogP contribution in [0.5, 0.6) is 0 Å². The van der Waals surface area contributed by atoms with Gasteiger partial charge in [-0.05, 0) is 36.5 Å². The fourth-order valence-electron chi connectivity index (χ4n) is 3.20. The van der Waals surface area contributed by atoms with Gasteiger partial charge in [-0.1, -0.05) is 37.4 Å². The molecule has 1 saturated carbocycles. The van der Waals surface area contributed by atoms with Crippen LogP contribution >= 0.6 is 0 Å². The van der Waals surface area contributed by atoms with E-state index in [9.17, 15) is 4.39 Å². The van der Waals surface area contributed by atoms with Crippen molar-refractivity contribution in [1.82, 2.24) is 5.32 Å². The Balaban J connectivity index is 2.09. The lowest BCUT2D eigenvalue weighted by atomic mass is 9.83. The van der Waals surface area contributed by atoms with Crippen LogP contribution in [0.2, 0.25) is 0 Å². The zero-order chi connectivity index (χ0) is 15.2. The maximum Gasteiger partial charge on any atom is 0.170 e. The summed E-state index contributed by atoms with van der Waals surface area (Å²) in [6.45, 7) is 2.83. The zero-order valence-corrected chi connectivity index (χ0v) is 12.5. The maximum absolute atomic E-state index is 13.3. The van der Waals surface area contributed by atoms with Crippen LogP contribution < -0.4 is 11.1 Å². The number of oxime groups is 1. The lowest BCUT2D eigenvalue weighted by Gasteiger charge is -2.32. The standard InChI is InChI=1S/C16H24FN3O/c1-2-11-5-3-4-6-15(11)19-10-12-7-8-13(17)9-14(12)16(18)20-21/h7-9,11,15,19,21H,2-6,10H2,1H3,(H2,18,20). The summed E-state index contributed by atoms with van der Waals surface area (Å²) < 4.78 is 13.3. The van der Waals surface area contributed by atoms with Crippen molar-refractivity contribution >= 4 is 5.84 Å². The molecule has 2 rings (SSSR count). The molecular weight excluding hydrogens is 269 g/mol. The number of halogens is 1. The van der Waals surface area contributed by atoms with Crippen molar-refractivity contribution in [2.75, 3.05) is 0 Å². The van der Waals surface area contributed by atoms with Gasteiger partial charge in [0.05, 0.1) is 0 Å². The van der Waals surface area contributed by atoms with Crippen LogP contribution in [0.4, 0.5) is 4.39 Å². The molecule has 0 saturated heterocycles. The number of benzene rings is 1. The number of hydrogen-bond donors (Lipinski definition) is 3. The minimum atomic E-state index is -0.385. The first-order valence-electron chi connectivity index (χ1n) is 7.65. The molecule has 4 nitrogen and oxygen atoms in total. The Hall–Kier alpha value is -1.62. The minimum absolute atomic E-state index is 0.0537. The SMILES string of the molecule is CCC1CCCCC1NCc1ccc(F)cc1C(N)=NO. The molecule has 5 heteroatoms. The van der Waals surface area contributed by atoms with Gasteiger partial charge in [0, 0.05) is 18.2 Å². The van der Waals surface area contributed by atoms with E-state index in [-0.39, 0.29) is 11.7 Å². The predicted octanol–water partition coefficient (Wildman–Crippen LogP) is 2.98. The summed E-state index contributed by atoms with van der Waals surface area (Å²) in [4.78, 5) is 0. The van der Waals surface area contributed by atoms with Crippen LogP contribution in [0.25, 0.3) is 0 Å². The van der Waals surface area contributed by atoms with E-state index in [0.717, 1.165) is 5.56 Å². The van der Waals surface area contributed by atoms with Crippen molar-refractivity contribution in [3.8, 4) is 0 Å². The van der Waals surface area contributed by atoms with Crippen molar-refractivity contribution in [3.05, 3.63) is 35.1 Å². The Kier molecular flexibility index (Phi) is 5.56. The second kappa shape index (κ2) is 7.41. The minimum Gasteiger partial charge on any atom is -0.409 e. The normalized spacial score (nSPS) is 23.2. The summed E-state index contributed by atoms with van der Waals surface area (Å²) in [7, 11) is 0. The molecule has 1 aliphatic carbocycles. The van der Waals surface area contributed by atoms with Gasteiger partial charge in [-0.15, -0.1) is 0 Å². The number of amidine groups is 1. The molecule has 1 fully saturated rings. The van der Waals surface area contributed by atoms with Crippen molar-refractivity contribution in [3.63, 3.8) is 0 Å². The number of nitrogens with two attached hydrogens (primary N) is 1. The van der Waals surface area contributed by atoms with Gasteiger partial charge in [0.15, 0.2) is 5.84 Å². The monoisotopic (exact) mass is 293 g/mol. The quantitative estimate of drug-likeness (QED) is 0.338. The molecule has 4 N–H and O–H groups in total. The molecule has 1 aliphatic rings. The average molecular weight is 293 g/mol. The molecule has 0 aromatic heterocycles. The Labute approximate surface area is 125 Å². The zero-order valence-electron chi connectivity index (χ0n) is 12.5. The highest BCUT2D eigenvalue weighted by atomic mass is 19.1. The number of nitrogens with zero attached hydrogens (tertiary/aromatic N) is 1. The topological polar surface area (TPSA) is 70.6 Å². The van der Waals surface area contributed by atoms with Gasteiger partial charge >= 0.3 is 0 Å². The fourth-order valence-corrected chi connectivity index (χ4v) is 3.20. The molecule has 1 aromatic carbocycles. The predicted molar refractivity (Wildman–Crippen MR) is 81.8 cm³/mol. The molecule has 0 radical (unpaired) electrons. The average Bonchev–Trinajstić information content (AvgIpc) is 2.53. The summed E-state index contributed by atoms with van der Waals surface area (Å²) in [5.74, 6) is 0.262. The maximum atomic E-state index is 13.3. The third-order valence-electron chi connectivity index (χ3n) is 4.44. The molecule has 0 heterocycles. The van der Waals surface area contributed by atoms with Gasteiger partial charge in [0.25, 0.3) is 0 Å². The van der Waals surface area contributed by atoms with Gasteiger partial charge in [-0.25, -0.2) is 4.39 Å². The smallest absolute Gasteiger partial charge is 0.170 e. The Morgan fingerprint density at radius 2 is 2.19 bits per heavy atom. The third kappa shape index (κ3) is 3.94. The van der Waals surface area contributed by atoms with E-state index < -0.39 is 0 Å². The van der Waals surface area contributed by atoms with Crippen molar-refractivity contribution < 1.29 is 9.60 Å². The van der Waals surface area contributed by atoms with Gasteiger partial charge in [-0.3, -0.25) is 0 Å². The molecule has 0 aliphatic heterocycles. The van der Waals surface area contributed by atoms with Gasteiger partial charge in [0.1, 0.15) is 5.82 Å². The van der Waals surface area contributed by atoms with E-state index in [0.29, 0.717) is 24.1 Å². The van der Waals surface area contributed by atoms with Gasteiger partial charge in [-0.2, -0.15) is 0 Å². The first-order valence-corrected chi connectivity index (χ1v) is 7.65. The van der Waals surface area contributed by atoms with Crippen LogP contribution in [0.15, 0.2) is 23.4 Å². The first-order chi connectivity index (χ1) is 10.2. The molecule has 116 valence electrons. The van der Waals surface area contributed by atoms with Gasteiger partial charge < -0.3 is 16.3 Å². The van der Waals surface area contributed by atoms with E-state index in [1.165, 1.54) is 44.2 Å². The number of nitrogens with one attached hydrogen (secondary N) is 1. The second-order valence-corrected chi connectivity index (χ2v) is 5.73. The highest BCUT2D eigenvalue weighted by Crippen LogP contribution is 2.27. The number of rotatable bonds is 5. The largest absolute Gasteiger partial charge is 0.409 e. The van der Waals surface area contributed by atoms with Crippen LogP contribution in [-0.4, -0.2) is 17.1 Å². The van der Waals surface area contributed by atoms with E-state index in [4.69, 9.17) is 10.9 Å². The lowest BCUT2D eigenvalue weighted by molar-refractivity contribution is 0.254. The summed E-state index contributed by atoms with van der Waals surface area (Å²) in [6.07, 6.45) is 6.19. The van der Waals surface area contributed by atoms with E-state index in [2.05, 4.69) is 17.4 Å². The Morgan fingerprint density at radius 3 is 2.90 bits per heavy atom. The van der Waals surface area contributed by atoms with E-state index in [1.54, 1.807) is 6.07 Å². The van der Waals surface area contributed by atoms with E-state index >= 15 is 0 Å². The third-order valence-corrected chi connectivity index (χ3v) is 4.44. The van der Waals surface area contributed by atoms with Crippen LogP contribution in [-0.2, 0) is 6.54 Å². The molecule has 0 amide bonds. The summed E-state index contributed by atoms with van der Waals surface area (Å²) in [5.41, 5.74) is 6.94. The molecule has 21 heavy (non-hydrogen) atoms. The summed E-state index contributed by atoms with van der Waals surface area (Å²) in [5, 5.41) is 15.4. The van der Waals surface area contributed by atoms with Crippen LogP contribution in [0, 0.1) is 11.7 Å². The Morgan fingerprint density at radius 1 is 1.43 bits per heavy atom. The highest BCUT2D eigenvalue weighted by Gasteiger charge is 2.23. The second-order valence-electron chi connectivity index (χ2n) is 5.73. The molecule has 2 atom stereocenters. The van der Waals surface area contributed by atoms with Gasteiger partial charge in [0.2, 0.25) is 0 Å². The Bertz CT molecular complexity index is 504. The molecule has 0 spiro atoms. The number of hydrogen-bond acceptors (Lipinski definition) is 3. The van der Waals surface area contributed by atoms with Crippen LogP contribution in [0.1, 0.15) is 50.2 Å². The van der Waals surface area contributed by atoms with Crippen molar-refractivity contribution in [2.24, 2.45) is 16.8 Å². The molecule has 0 bridgehead atoms. The van der Waals surface area contributed by atoms with Crippen molar-refractivity contribution in [2.45, 2.75) is 51.6 Å². The van der Waals surface area contributed by atoms with E-state index in [1.807, 2.05) is 0 Å². The first kappa shape index (κ1) is 15.8. The summed E-state index contributed by atoms with van der Waals surface area (Å²) >= 11 is 0. The lowest BCUT2D eigenvalue weighted by Crippen LogP contribution is -2.38. The molecular formula is C16H24FN3O. The molecule has 2 unspecified atom stereocenters. The van der Waals surface area contributed by atoms with Crippen molar-refractivity contribution in [1.29, 1.82) is 0 Å². The highest BCUT2D eigenvalue weighted by molar-refractivity contribution is 5.98. The van der Waals surface area contributed by atoms with Crippen LogP contribution in [0.3, 0.4) is 0 Å².